The number of aliphatic carboxylic acids is 1. The minimum Gasteiger partial charge on any atom is -0.481 e. The number of carbonyl (C=O) groups is 1. The number of halogens is 2. The molecule has 0 spiro atoms. The standard InChI is InChI=1S/C10H17F2NO2/c1-9(11,12)6-10(8(14)15)4-3-5-13(2)7-10/h3-7H2,1-2H3,(H,14,15). The number of alkyl halides is 2. The number of hydrogen-bond acceptors (Lipinski definition) is 2. The van der Waals surface area contributed by atoms with Crippen LogP contribution >= 0.6 is 0 Å². The third kappa shape index (κ3) is 3.12. The zero-order valence-corrected chi connectivity index (χ0v) is 9.09. The summed E-state index contributed by atoms with van der Waals surface area (Å²) in [5, 5.41) is 9.11. The molecular formula is C10H17F2NO2. The van der Waals surface area contributed by atoms with E-state index in [2.05, 4.69) is 0 Å². The summed E-state index contributed by atoms with van der Waals surface area (Å²) in [6.07, 6.45) is 0.439. The van der Waals surface area contributed by atoms with Gasteiger partial charge >= 0.3 is 5.97 Å². The fraction of sp³-hybridized carbons (Fsp3) is 0.900. The highest BCUT2D eigenvalue weighted by Gasteiger charge is 2.47. The van der Waals surface area contributed by atoms with Crippen molar-refractivity contribution < 1.29 is 18.7 Å². The quantitative estimate of drug-likeness (QED) is 0.790. The molecule has 0 aromatic carbocycles. The van der Waals surface area contributed by atoms with E-state index in [0.29, 0.717) is 12.8 Å². The molecule has 0 amide bonds. The molecule has 5 heteroatoms. The number of piperidine rings is 1. The number of likely N-dealkylation sites (tertiary alicyclic amines) is 1. The van der Waals surface area contributed by atoms with Crippen LogP contribution in [-0.2, 0) is 4.79 Å². The molecule has 88 valence electrons. The van der Waals surface area contributed by atoms with Crippen LogP contribution in [0.5, 0.6) is 0 Å². The summed E-state index contributed by atoms with van der Waals surface area (Å²) in [5.41, 5.74) is -1.27. The average molecular weight is 221 g/mol. The Hall–Kier alpha value is -0.710. The number of nitrogens with zero attached hydrogens (tertiary/aromatic N) is 1. The molecule has 0 aliphatic carbocycles. The predicted molar refractivity (Wildman–Crippen MR) is 52.0 cm³/mol. The van der Waals surface area contributed by atoms with Gasteiger partial charge in [-0.05, 0) is 33.4 Å². The molecule has 0 saturated carbocycles. The summed E-state index contributed by atoms with van der Waals surface area (Å²) < 4.78 is 25.9. The Labute approximate surface area is 88.1 Å². The van der Waals surface area contributed by atoms with Crippen molar-refractivity contribution in [3.8, 4) is 0 Å². The minimum absolute atomic E-state index is 0.214. The van der Waals surface area contributed by atoms with Crippen LogP contribution < -0.4 is 0 Å². The zero-order chi connectivity index (χ0) is 11.7. The molecule has 0 radical (unpaired) electrons. The molecule has 0 aromatic rings. The summed E-state index contributed by atoms with van der Waals surface area (Å²) in [6, 6.07) is 0. The van der Waals surface area contributed by atoms with E-state index in [1.54, 1.807) is 7.05 Å². The van der Waals surface area contributed by atoms with Gasteiger partial charge < -0.3 is 10.0 Å². The fourth-order valence-corrected chi connectivity index (χ4v) is 2.35. The van der Waals surface area contributed by atoms with Gasteiger partial charge in [0.25, 0.3) is 0 Å². The number of carboxylic acid groups (broad SMARTS) is 1. The van der Waals surface area contributed by atoms with Crippen LogP contribution in [0.15, 0.2) is 0 Å². The monoisotopic (exact) mass is 221 g/mol. The molecule has 3 nitrogen and oxygen atoms in total. The maximum atomic E-state index is 13.0. The van der Waals surface area contributed by atoms with Crippen LogP contribution in [0.1, 0.15) is 26.2 Å². The first kappa shape index (κ1) is 12.4. The first-order valence-corrected chi connectivity index (χ1v) is 5.05. The van der Waals surface area contributed by atoms with E-state index in [1.807, 2.05) is 4.90 Å². The molecular weight excluding hydrogens is 204 g/mol. The Morgan fingerprint density at radius 3 is 2.60 bits per heavy atom. The molecule has 1 saturated heterocycles. The van der Waals surface area contributed by atoms with Crippen LogP contribution in [0.2, 0.25) is 0 Å². The Balaban J connectivity index is 2.83. The SMILES string of the molecule is CN1CCCC(CC(C)(F)F)(C(=O)O)C1. The maximum absolute atomic E-state index is 13.0. The van der Waals surface area contributed by atoms with Gasteiger partial charge in [-0.15, -0.1) is 0 Å². The third-order valence-electron chi connectivity index (χ3n) is 2.87. The van der Waals surface area contributed by atoms with E-state index in [-0.39, 0.29) is 6.54 Å². The lowest BCUT2D eigenvalue weighted by Crippen LogP contribution is -2.48. The largest absolute Gasteiger partial charge is 0.481 e. The Kier molecular flexibility index (Phi) is 3.33. The van der Waals surface area contributed by atoms with Crippen molar-refractivity contribution in [1.29, 1.82) is 0 Å². The second-order valence-electron chi connectivity index (χ2n) is 4.67. The van der Waals surface area contributed by atoms with Gasteiger partial charge in [-0.2, -0.15) is 0 Å². The van der Waals surface area contributed by atoms with E-state index >= 15 is 0 Å². The van der Waals surface area contributed by atoms with Gasteiger partial charge in [-0.3, -0.25) is 4.79 Å². The van der Waals surface area contributed by atoms with Crippen molar-refractivity contribution in [2.24, 2.45) is 5.41 Å². The lowest BCUT2D eigenvalue weighted by molar-refractivity contribution is -0.159. The van der Waals surface area contributed by atoms with Crippen LogP contribution in [0.25, 0.3) is 0 Å². The van der Waals surface area contributed by atoms with Crippen LogP contribution in [-0.4, -0.2) is 42.0 Å². The Bertz CT molecular complexity index is 252. The summed E-state index contributed by atoms with van der Waals surface area (Å²) in [6.45, 7) is 1.78. The van der Waals surface area contributed by atoms with Crippen LogP contribution in [0.4, 0.5) is 8.78 Å². The summed E-state index contributed by atoms with van der Waals surface area (Å²) in [7, 11) is 1.77. The van der Waals surface area contributed by atoms with E-state index < -0.39 is 23.7 Å². The second kappa shape index (κ2) is 4.04. The van der Waals surface area contributed by atoms with Crippen molar-refractivity contribution in [2.75, 3.05) is 20.1 Å². The summed E-state index contributed by atoms with van der Waals surface area (Å²) in [5.74, 6) is -4.02. The summed E-state index contributed by atoms with van der Waals surface area (Å²) in [4.78, 5) is 12.9. The lowest BCUT2D eigenvalue weighted by Gasteiger charge is -2.39. The number of hydrogen-bond donors (Lipinski definition) is 1. The highest BCUT2D eigenvalue weighted by Crippen LogP contribution is 2.39. The smallest absolute Gasteiger partial charge is 0.311 e. The van der Waals surface area contributed by atoms with E-state index in [1.165, 1.54) is 0 Å². The van der Waals surface area contributed by atoms with Crippen molar-refractivity contribution in [1.82, 2.24) is 4.90 Å². The van der Waals surface area contributed by atoms with E-state index in [9.17, 15) is 13.6 Å². The maximum Gasteiger partial charge on any atom is 0.311 e. The van der Waals surface area contributed by atoms with Crippen LogP contribution in [0, 0.1) is 5.41 Å². The molecule has 1 rings (SSSR count). The summed E-state index contributed by atoms with van der Waals surface area (Å²) >= 11 is 0. The molecule has 1 fully saturated rings. The van der Waals surface area contributed by atoms with Gasteiger partial charge in [-0.25, -0.2) is 8.78 Å². The predicted octanol–water partition coefficient (Wildman–Crippen LogP) is 1.83. The minimum atomic E-state index is -2.92. The third-order valence-corrected chi connectivity index (χ3v) is 2.87. The first-order valence-electron chi connectivity index (χ1n) is 5.05. The first-order chi connectivity index (χ1) is 6.75. The molecule has 1 aliphatic rings. The molecule has 1 heterocycles. The molecule has 0 bridgehead atoms. The fourth-order valence-electron chi connectivity index (χ4n) is 2.35. The molecule has 0 aromatic heterocycles. The van der Waals surface area contributed by atoms with E-state index in [4.69, 9.17) is 5.11 Å². The highest BCUT2D eigenvalue weighted by atomic mass is 19.3. The second-order valence-corrected chi connectivity index (χ2v) is 4.67. The van der Waals surface area contributed by atoms with Gasteiger partial charge in [-0.1, -0.05) is 0 Å². The van der Waals surface area contributed by atoms with Crippen molar-refractivity contribution >= 4 is 5.97 Å². The zero-order valence-electron chi connectivity index (χ0n) is 9.09. The number of carboxylic acids is 1. The Morgan fingerprint density at radius 1 is 1.60 bits per heavy atom. The van der Waals surface area contributed by atoms with Crippen molar-refractivity contribution in [2.45, 2.75) is 32.1 Å². The van der Waals surface area contributed by atoms with Gasteiger partial charge in [0.2, 0.25) is 5.92 Å². The average Bonchev–Trinajstić information content (AvgIpc) is 2.00. The van der Waals surface area contributed by atoms with Gasteiger partial charge in [0.05, 0.1) is 5.41 Å². The normalized spacial score (nSPS) is 29.1. The Morgan fingerprint density at radius 2 is 2.20 bits per heavy atom. The molecule has 1 N–H and O–H groups in total. The topological polar surface area (TPSA) is 40.5 Å². The molecule has 1 atom stereocenters. The highest BCUT2D eigenvalue weighted by molar-refractivity contribution is 5.75. The molecule has 1 aliphatic heterocycles. The molecule has 15 heavy (non-hydrogen) atoms. The van der Waals surface area contributed by atoms with Gasteiger partial charge in [0.15, 0.2) is 0 Å². The van der Waals surface area contributed by atoms with Crippen molar-refractivity contribution in [3.63, 3.8) is 0 Å². The number of rotatable bonds is 3. The van der Waals surface area contributed by atoms with Gasteiger partial charge in [0, 0.05) is 13.0 Å². The van der Waals surface area contributed by atoms with Crippen molar-refractivity contribution in [3.05, 3.63) is 0 Å². The van der Waals surface area contributed by atoms with E-state index in [0.717, 1.165) is 13.5 Å². The van der Waals surface area contributed by atoms with Gasteiger partial charge in [0.1, 0.15) is 0 Å². The lowest BCUT2D eigenvalue weighted by atomic mass is 9.75. The molecule has 1 unspecified atom stereocenters. The van der Waals surface area contributed by atoms with Crippen LogP contribution in [0.3, 0.4) is 0 Å².